The molecule has 4 nitrogen and oxygen atoms in total. The highest BCUT2D eigenvalue weighted by atomic mass is 16.5. The number of anilines is 1. The average Bonchev–Trinajstić information content (AvgIpc) is 2.47. The second-order valence-corrected chi connectivity index (χ2v) is 5.38. The lowest BCUT2D eigenvalue weighted by Crippen LogP contribution is -2.44. The van der Waals surface area contributed by atoms with Crippen molar-refractivity contribution in [3.05, 3.63) is 23.8 Å². The molecule has 1 saturated heterocycles. The van der Waals surface area contributed by atoms with Crippen molar-refractivity contribution in [1.82, 2.24) is 4.90 Å². The molecule has 0 spiro atoms. The molecule has 0 saturated carbocycles. The van der Waals surface area contributed by atoms with Crippen LogP contribution < -0.4 is 10.1 Å². The minimum atomic E-state index is 0.468. The van der Waals surface area contributed by atoms with E-state index in [2.05, 4.69) is 29.3 Å². The molecular formula is C15H22N2O2. The van der Waals surface area contributed by atoms with Crippen LogP contribution in [0.4, 0.5) is 5.69 Å². The van der Waals surface area contributed by atoms with Crippen molar-refractivity contribution in [2.75, 3.05) is 45.3 Å². The van der Waals surface area contributed by atoms with Crippen LogP contribution in [0.15, 0.2) is 18.2 Å². The third kappa shape index (κ3) is 2.30. The van der Waals surface area contributed by atoms with Crippen molar-refractivity contribution in [2.24, 2.45) is 5.92 Å². The van der Waals surface area contributed by atoms with E-state index in [1.807, 2.05) is 6.07 Å². The summed E-state index contributed by atoms with van der Waals surface area (Å²) in [4.78, 5) is 2.55. The van der Waals surface area contributed by atoms with Crippen LogP contribution >= 0.6 is 0 Å². The maximum atomic E-state index is 5.48. The van der Waals surface area contributed by atoms with Crippen LogP contribution in [0.25, 0.3) is 0 Å². The molecule has 1 aromatic rings. The fourth-order valence-electron chi connectivity index (χ4n) is 3.25. The largest absolute Gasteiger partial charge is 0.495 e. The van der Waals surface area contributed by atoms with Crippen LogP contribution in [0.5, 0.6) is 5.75 Å². The molecule has 0 amide bonds. The average molecular weight is 262 g/mol. The SMILES string of the molecule is COc1cccc2c1NCC(C)C2N1CCOCC1. The normalized spacial score (nSPS) is 27.5. The van der Waals surface area contributed by atoms with Gasteiger partial charge in [0.2, 0.25) is 0 Å². The van der Waals surface area contributed by atoms with Crippen molar-refractivity contribution in [1.29, 1.82) is 0 Å². The number of hydrogen-bond donors (Lipinski definition) is 1. The van der Waals surface area contributed by atoms with Crippen LogP contribution in [0.3, 0.4) is 0 Å². The maximum Gasteiger partial charge on any atom is 0.142 e. The van der Waals surface area contributed by atoms with Crippen LogP contribution in [0.2, 0.25) is 0 Å². The quantitative estimate of drug-likeness (QED) is 0.885. The predicted octanol–water partition coefficient (Wildman–Crippen LogP) is 2.13. The van der Waals surface area contributed by atoms with Crippen LogP contribution in [0, 0.1) is 5.92 Å². The fourth-order valence-corrected chi connectivity index (χ4v) is 3.25. The van der Waals surface area contributed by atoms with Gasteiger partial charge in [0.25, 0.3) is 0 Å². The molecule has 4 heteroatoms. The van der Waals surface area contributed by atoms with E-state index >= 15 is 0 Å². The Bertz CT molecular complexity index is 444. The molecular weight excluding hydrogens is 240 g/mol. The highest BCUT2D eigenvalue weighted by Crippen LogP contribution is 2.42. The number of nitrogens with one attached hydrogen (secondary N) is 1. The second-order valence-electron chi connectivity index (χ2n) is 5.38. The first kappa shape index (κ1) is 12.8. The number of morpholine rings is 1. The highest BCUT2D eigenvalue weighted by Gasteiger charge is 2.33. The fraction of sp³-hybridized carbons (Fsp3) is 0.600. The third-order valence-corrected chi connectivity index (χ3v) is 4.18. The van der Waals surface area contributed by atoms with Crippen LogP contribution in [-0.2, 0) is 4.74 Å². The number of rotatable bonds is 2. The Balaban J connectivity index is 1.96. The summed E-state index contributed by atoms with van der Waals surface area (Å²) in [6.45, 7) is 7.04. The molecule has 1 N–H and O–H groups in total. The van der Waals surface area contributed by atoms with Gasteiger partial charge in [0.1, 0.15) is 5.75 Å². The lowest BCUT2D eigenvalue weighted by atomic mass is 9.87. The van der Waals surface area contributed by atoms with Crippen LogP contribution in [-0.4, -0.2) is 44.9 Å². The van der Waals surface area contributed by atoms with Gasteiger partial charge >= 0.3 is 0 Å². The zero-order valence-electron chi connectivity index (χ0n) is 11.7. The molecule has 0 radical (unpaired) electrons. The molecule has 0 aromatic heterocycles. The van der Waals surface area contributed by atoms with Gasteiger partial charge in [0.05, 0.1) is 26.0 Å². The van der Waals surface area contributed by atoms with Gasteiger partial charge in [-0.3, -0.25) is 4.90 Å². The standard InChI is InChI=1S/C15H22N2O2/c1-11-10-16-14-12(4-3-5-13(14)18-2)15(11)17-6-8-19-9-7-17/h3-5,11,15-16H,6-10H2,1-2H3. The Morgan fingerprint density at radius 2 is 2.11 bits per heavy atom. The Hall–Kier alpha value is -1.26. The molecule has 2 atom stereocenters. The summed E-state index contributed by atoms with van der Waals surface area (Å²) in [6.07, 6.45) is 0. The number of methoxy groups -OCH3 is 1. The molecule has 1 aromatic carbocycles. The molecule has 104 valence electrons. The number of para-hydroxylation sites is 1. The summed E-state index contributed by atoms with van der Waals surface area (Å²) in [5.41, 5.74) is 2.53. The van der Waals surface area contributed by atoms with Crippen molar-refractivity contribution in [3.8, 4) is 5.75 Å². The van der Waals surface area contributed by atoms with Gasteiger partial charge in [-0.2, -0.15) is 0 Å². The topological polar surface area (TPSA) is 33.7 Å². The molecule has 0 bridgehead atoms. The van der Waals surface area contributed by atoms with E-state index in [4.69, 9.17) is 9.47 Å². The Morgan fingerprint density at radius 1 is 1.32 bits per heavy atom. The first-order valence-corrected chi connectivity index (χ1v) is 7.04. The highest BCUT2D eigenvalue weighted by molar-refractivity contribution is 5.64. The van der Waals surface area contributed by atoms with Gasteiger partial charge in [-0.15, -0.1) is 0 Å². The summed E-state index contributed by atoms with van der Waals surface area (Å²) >= 11 is 0. The molecule has 0 aliphatic carbocycles. The Kier molecular flexibility index (Phi) is 3.62. The first-order chi connectivity index (χ1) is 9.31. The van der Waals surface area contributed by atoms with E-state index in [1.165, 1.54) is 11.3 Å². The van der Waals surface area contributed by atoms with E-state index in [1.54, 1.807) is 7.11 Å². The van der Waals surface area contributed by atoms with Gasteiger partial charge in [-0.05, 0) is 17.5 Å². The summed E-state index contributed by atoms with van der Waals surface area (Å²) in [5, 5.41) is 3.52. The van der Waals surface area contributed by atoms with E-state index < -0.39 is 0 Å². The summed E-state index contributed by atoms with van der Waals surface area (Å²) in [7, 11) is 1.74. The number of fused-ring (bicyclic) bond motifs is 1. The molecule has 2 unspecified atom stereocenters. The third-order valence-electron chi connectivity index (χ3n) is 4.18. The van der Waals surface area contributed by atoms with Crippen molar-refractivity contribution < 1.29 is 9.47 Å². The zero-order valence-corrected chi connectivity index (χ0v) is 11.7. The monoisotopic (exact) mass is 262 g/mol. The number of benzene rings is 1. The number of nitrogens with zero attached hydrogens (tertiary/aromatic N) is 1. The van der Waals surface area contributed by atoms with Crippen molar-refractivity contribution in [2.45, 2.75) is 13.0 Å². The van der Waals surface area contributed by atoms with Gasteiger partial charge in [-0.25, -0.2) is 0 Å². The van der Waals surface area contributed by atoms with Crippen LogP contribution in [0.1, 0.15) is 18.5 Å². The van der Waals surface area contributed by atoms with Crippen molar-refractivity contribution in [3.63, 3.8) is 0 Å². The Morgan fingerprint density at radius 3 is 2.84 bits per heavy atom. The molecule has 1 fully saturated rings. The molecule has 2 aliphatic heterocycles. The zero-order chi connectivity index (χ0) is 13.2. The van der Waals surface area contributed by atoms with E-state index in [-0.39, 0.29) is 0 Å². The smallest absolute Gasteiger partial charge is 0.142 e. The summed E-state index contributed by atoms with van der Waals surface area (Å²) in [6, 6.07) is 6.80. The second kappa shape index (κ2) is 5.39. The van der Waals surface area contributed by atoms with Gasteiger partial charge in [0.15, 0.2) is 0 Å². The number of hydrogen-bond acceptors (Lipinski definition) is 4. The Labute approximate surface area is 114 Å². The molecule has 2 aliphatic rings. The molecule has 2 heterocycles. The van der Waals surface area contributed by atoms with Gasteiger partial charge in [-0.1, -0.05) is 19.1 Å². The predicted molar refractivity (Wildman–Crippen MR) is 75.8 cm³/mol. The first-order valence-electron chi connectivity index (χ1n) is 7.04. The van der Waals surface area contributed by atoms with E-state index in [9.17, 15) is 0 Å². The van der Waals surface area contributed by atoms with Gasteiger partial charge in [0, 0.05) is 25.7 Å². The maximum absolute atomic E-state index is 5.48. The van der Waals surface area contributed by atoms with E-state index in [0.29, 0.717) is 12.0 Å². The molecule has 3 rings (SSSR count). The summed E-state index contributed by atoms with van der Waals surface area (Å²) in [5.74, 6) is 1.54. The minimum Gasteiger partial charge on any atom is -0.495 e. The minimum absolute atomic E-state index is 0.468. The van der Waals surface area contributed by atoms with E-state index in [0.717, 1.165) is 38.6 Å². The van der Waals surface area contributed by atoms with Crippen molar-refractivity contribution >= 4 is 5.69 Å². The summed E-state index contributed by atoms with van der Waals surface area (Å²) < 4.78 is 11.0. The number of ether oxygens (including phenoxy) is 2. The lowest BCUT2D eigenvalue weighted by Gasteiger charge is -2.42. The van der Waals surface area contributed by atoms with Gasteiger partial charge < -0.3 is 14.8 Å². The lowest BCUT2D eigenvalue weighted by molar-refractivity contribution is 0.00414. The molecule has 19 heavy (non-hydrogen) atoms.